The molecule has 1 N–H and O–H groups in total. The topological polar surface area (TPSA) is 20.2 Å². The van der Waals surface area contributed by atoms with Gasteiger partial charge in [0, 0.05) is 4.47 Å². The van der Waals surface area contributed by atoms with Crippen LogP contribution in [0, 0.1) is 5.92 Å². The second kappa shape index (κ2) is 4.15. The van der Waals surface area contributed by atoms with Crippen molar-refractivity contribution in [2.75, 3.05) is 0 Å². The number of fused-ring (bicyclic) bond motifs is 1. The number of halogens is 1. The Bertz CT molecular complexity index is 396. The average Bonchev–Trinajstić information content (AvgIpc) is 2.16. The molecule has 16 heavy (non-hydrogen) atoms. The lowest BCUT2D eigenvalue weighted by molar-refractivity contribution is 0.0319. The number of hydrogen-bond acceptors (Lipinski definition) is 1. The van der Waals surface area contributed by atoms with Crippen LogP contribution in [0.4, 0.5) is 0 Å². The predicted molar refractivity (Wildman–Crippen MR) is 70.5 cm³/mol. The smallest absolute Gasteiger partial charge is 0.0871 e. The van der Waals surface area contributed by atoms with Gasteiger partial charge in [0.25, 0.3) is 0 Å². The number of hydrogen-bond donors (Lipinski definition) is 1. The molecule has 1 aromatic carbocycles. The van der Waals surface area contributed by atoms with E-state index in [1.165, 1.54) is 5.56 Å². The first-order valence-electron chi connectivity index (χ1n) is 5.94. The molecule has 0 amide bonds. The van der Waals surface area contributed by atoms with Crippen LogP contribution in [0.25, 0.3) is 0 Å². The lowest BCUT2D eigenvalue weighted by Crippen LogP contribution is -2.30. The first-order chi connectivity index (χ1) is 7.42. The van der Waals surface area contributed by atoms with E-state index in [2.05, 4.69) is 41.9 Å². The molecular weight excluding hydrogens is 264 g/mol. The standard InChI is InChI=1S/C14H19BrO/c1-9(2)11-6-7-14(3,16)13-5-4-10(15)8-12(11)13/h4-5,8-9,11,16H,6-7H2,1-3H3. The maximum atomic E-state index is 10.4. The van der Waals surface area contributed by atoms with Gasteiger partial charge >= 0.3 is 0 Å². The van der Waals surface area contributed by atoms with Gasteiger partial charge in [0.15, 0.2) is 0 Å². The minimum absolute atomic E-state index is 0.577. The van der Waals surface area contributed by atoms with Gasteiger partial charge in [0.1, 0.15) is 0 Å². The zero-order chi connectivity index (χ0) is 11.9. The molecule has 1 aliphatic carbocycles. The molecule has 2 heteroatoms. The van der Waals surface area contributed by atoms with Crippen LogP contribution in [0.5, 0.6) is 0 Å². The van der Waals surface area contributed by atoms with Crippen LogP contribution < -0.4 is 0 Å². The highest BCUT2D eigenvalue weighted by atomic mass is 79.9. The summed E-state index contributed by atoms with van der Waals surface area (Å²) in [6.07, 6.45) is 1.94. The molecule has 0 saturated heterocycles. The molecule has 0 bridgehead atoms. The van der Waals surface area contributed by atoms with Crippen LogP contribution in [0.15, 0.2) is 22.7 Å². The quantitative estimate of drug-likeness (QED) is 0.819. The van der Waals surface area contributed by atoms with Gasteiger partial charge in [-0.2, -0.15) is 0 Å². The van der Waals surface area contributed by atoms with Gasteiger partial charge in [-0.05, 0) is 54.9 Å². The first-order valence-corrected chi connectivity index (χ1v) is 6.73. The van der Waals surface area contributed by atoms with Crippen molar-refractivity contribution >= 4 is 15.9 Å². The van der Waals surface area contributed by atoms with Crippen LogP contribution >= 0.6 is 15.9 Å². The molecule has 0 aliphatic heterocycles. The fraction of sp³-hybridized carbons (Fsp3) is 0.571. The molecule has 1 aliphatic rings. The number of aliphatic hydroxyl groups is 1. The van der Waals surface area contributed by atoms with Gasteiger partial charge in [-0.3, -0.25) is 0 Å². The average molecular weight is 283 g/mol. The van der Waals surface area contributed by atoms with Crippen LogP contribution in [-0.2, 0) is 5.60 Å². The second-order valence-corrected chi connectivity index (χ2v) is 6.31. The van der Waals surface area contributed by atoms with Crippen molar-refractivity contribution in [3.8, 4) is 0 Å². The molecule has 2 rings (SSSR count). The van der Waals surface area contributed by atoms with Crippen molar-refractivity contribution in [2.45, 2.75) is 45.1 Å². The normalized spacial score (nSPS) is 29.2. The Morgan fingerprint density at radius 2 is 2.12 bits per heavy atom. The summed E-state index contributed by atoms with van der Waals surface area (Å²) in [5.41, 5.74) is 1.78. The summed E-state index contributed by atoms with van der Waals surface area (Å²) in [5.74, 6) is 1.21. The van der Waals surface area contributed by atoms with E-state index in [1.54, 1.807) is 0 Å². The third-order valence-electron chi connectivity index (χ3n) is 3.74. The Kier molecular flexibility index (Phi) is 3.15. The Hall–Kier alpha value is -0.340. The highest BCUT2D eigenvalue weighted by molar-refractivity contribution is 9.10. The summed E-state index contributed by atoms with van der Waals surface area (Å²) in [6.45, 7) is 6.45. The molecule has 0 aromatic heterocycles. The Morgan fingerprint density at radius 3 is 2.75 bits per heavy atom. The van der Waals surface area contributed by atoms with Gasteiger partial charge in [-0.1, -0.05) is 35.8 Å². The van der Waals surface area contributed by atoms with Crippen LogP contribution in [0.1, 0.15) is 50.7 Å². The van der Waals surface area contributed by atoms with Crippen LogP contribution in [-0.4, -0.2) is 5.11 Å². The monoisotopic (exact) mass is 282 g/mol. The van der Waals surface area contributed by atoms with E-state index in [0.29, 0.717) is 11.8 Å². The van der Waals surface area contributed by atoms with E-state index in [4.69, 9.17) is 0 Å². The Labute approximate surface area is 106 Å². The molecule has 0 radical (unpaired) electrons. The number of rotatable bonds is 1. The van der Waals surface area contributed by atoms with Gasteiger partial charge in [-0.15, -0.1) is 0 Å². The van der Waals surface area contributed by atoms with E-state index >= 15 is 0 Å². The summed E-state index contributed by atoms with van der Waals surface area (Å²) in [7, 11) is 0. The maximum absolute atomic E-state index is 10.4. The first kappa shape index (κ1) is 12.1. The van der Waals surface area contributed by atoms with E-state index in [-0.39, 0.29) is 0 Å². The number of benzene rings is 1. The molecule has 88 valence electrons. The van der Waals surface area contributed by atoms with Crippen molar-refractivity contribution in [1.82, 2.24) is 0 Å². The summed E-state index contributed by atoms with van der Waals surface area (Å²) >= 11 is 3.52. The molecule has 1 nitrogen and oxygen atoms in total. The summed E-state index contributed by atoms with van der Waals surface area (Å²) in [5, 5.41) is 10.4. The van der Waals surface area contributed by atoms with Crippen molar-refractivity contribution in [3.05, 3.63) is 33.8 Å². The zero-order valence-corrected chi connectivity index (χ0v) is 11.7. The SMILES string of the molecule is CC(C)C1CCC(C)(O)c2ccc(Br)cc21. The van der Waals surface area contributed by atoms with Gasteiger partial charge in [0.05, 0.1) is 5.60 Å². The van der Waals surface area contributed by atoms with Crippen molar-refractivity contribution in [2.24, 2.45) is 5.92 Å². The molecule has 0 saturated carbocycles. The Morgan fingerprint density at radius 1 is 1.44 bits per heavy atom. The molecule has 2 atom stereocenters. The van der Waals surface area contributed by atoms with E-state index in [9.17, 15) is 5.11 Å². The Balaban J connectivity index is 2.54. The third kappa shape index (κ3) is 2.05. The summed E-state index contributed by atoms with van der Waals surface area (Å²) < 4.78 is 1.11. The molecule has 2 unspecified atom stereocenters. The van der Waals surface area contributed by atoms with Crippen LogP contribution in [0.2, 0.25) is 0 Å². The molecule has 0 heterocycles. The predicted octanol–water partition coefficient (Wildman–Crippen LogP) is 4.19. The molecule has 0 spiro atoms. The van der Waals surface area contributed by atoms with Gasteiger partial charge in [-0.25, -0.2) is 0 Å². The van der Waals surface area contributed by atoms with Crippen molar-refractivity contribution in [1.29, 1.82) is 0 Å². The summed E-state index contributed by atoms with van der Waals surface area (Å²) in [6, 6.07) is 6.26. The van der Waals surface area contributed by atoms with Gasteiger partial charge < -0.3 is 5.11 Å². The van der Waals surface area contributed by atoms with E-state index in [1.807, 2.05) is 13.0 Å². The fourth-order valence-electron chi connectivity index (χ4n) is 2.75. The highest BCUT2D eigenvalue weighted by Crippen LogP contribution is 2.44. The van der Waals surface area contributed by atoms with Crippen molar-refractivity contribution < 1.29 is 5.11 Å². The fourth-order valence-corrected chi connectivity index (χ4v) is 3.13. The largest absolute Gasteiger partial charge is 0.385 e. The lowest BCUT2D eigenvalue weighted by atomic mass is 9.71. The minimum atomic E-state index is -0.651. The lowest BCUT2D eigenvalue weighted by Gasteiger charge is -2.37. The minimum Gasteiger partial charge on any atom is -0.385 e. The molecular formula is C14H19BrO. The maximum Gasteiger partial charge on any atom is 0.0871 e. The molecule has 1 aromatic rings. The van der Waals surface area contributed by atoms with E-state index < -0.39 is 5.60 Å². The highest BCUT2D eigenvalue weighted by Gasteiger charge is 2.35. The van der Waals surface area contributed by atoms with E-state index in [0.717, 1.165) is 22.9 Å². The van der Waals surface area contributed by atoms with Gasteiger partial charge in [0.2, 0.25) is 0 Å². The summed E-state index contributed by atoms with van der Waals surface area (Å²) in [4.78, 5) is 0. The van der Waals surface area contributed by atoms with Crippen molar-refractivity contribution in [3.63, 3.8) is 0 Å². The van der Waals surface area contributed by atoms with Crippen LogP contribution in [0.3, 0.4) is 0 Å². The third-order valence-corrected chi connectivity index (χ3v) is 4.23. The molecule has 0 fully saturated rings. The second-order valence-electron chi connectivity index (χ2n) is 5.39. The zero-order valence-electron chi connectivity index (χ0n) is 10.1.